The van der Waals surface area contributed by atoms with Crippen LogP contribution in [0.3, 0.4) is 0 Å². The molecule has 2 amide bonds. The number of nitrogens with zero attached hydrogens (tertiary/aromatic N) is 3. The summed E-state index contributed by atoms with van der Waals surface area (Å²) in [5.41, 5.74) is 1.34. The van der Waals surface area contributed by atoms with Crippen molar-refractivity contribution in [3.05, 3.63) is 53.9 Å². The average molecular weight is 369 g/mol. The van der Waals surface area contributed by atoms with Crippen LogP contribution < -0.4 is 10.6 Å². The van der Waals surface area contributed by atoms with Crippen LogP contribution in [0.25, 0.3) is 0 Å². The third kappa shape index (κ3) is 4.95. The van der Waals surface area contributed by atoms with Gasteiger partial charge in [0.15, 0.2) is 0 Å². The van der Waals surface area contributed by atoms with Gasteiger partial charge in [0.1, 0.15) is 11.7 Å². The molecule has 3 rings (SSSR count). The summed E-state index contributed by atoms with van der Waals surface area (Å²) in [5.74, 6) is -0.461. The highest BCUT2D eigenvalue weighted by Crippen LogP contribution is 2.16. The highest BCUT2D eigenvalue weighted by atomic mass is 16.2. The first-order chi connectivity index (χ1) is 13.0. The second-order valence-corrected chi connectivity index (χ2v) is 7.13. The van der Waals surface area contributed by atoms with Crippen LogP contribution in [0.15, 0.2) is 42.6 Å². The summed E-state index contributed by atoms with van der Waals surface area (Å²) >= 11 is 0. The van der Waals surface area contributed by atoms with Crippen molar-refractivity contribution >= 4 is 11.8 Å². The Bertz CT molecular complexity index is 766. The van der Waals surface area contributed by atoms with Crippen LogP contribution >= 0.6 is 0 Å². The number of rotatable bonds is 6. The van der Waals surface area contributed by atoms with E-state index in [1.54, 1.807) is 20.2 Å². The lowest BCUT2D eigenvalue weighted by Crippen LogP contribution is -2.47. The minimum atomic E-state index is -0.628. The van der Waals surface area contributed by atoms with E-state index in [2.05, 4.69) is 15.7 Å². The highest BCUT2D eigenvalue weighted by molar-refractivity contribution is 5.96. The van der Waals surface area contributed by atoms with Crippen molar-refractivity contribution < 1.29 is 9.59 Å². The average Bonchev–Trinajstić information content (AvgIpc) is 3.18. The van der Waals surface area contributed by atoms with Crippen molar-refractivity contribution in [3.8, 4) is 0 Å². The maximum Gasteiger partial charge on any atom is 0.272 e. The molecule has 7 nitrogen and oxygen atoms in total. The number of carbonyl (C=O) groups is 2. The van der Waals surface area contributed by atoms with Crippen molar-refractivity contribution in [2.75, 3.05) is 27.2 Å². The molecular formula is C20H27N5O2. The Hall–Kier alpha value is -2.67. The molecule has 1 aliphatic rings. The summed E-state index contributed by atoms with van der Waals surface area (Å²) in [5, 5.41) is 10.6. The van der Waals surface area contributed by atoms with E-state index in [4.69, 9.17) is 0 Å². The Morgan fingerprint density at radius 2 is 2.07 bits per heavy atom. The Morgan fingerprint density at radius 1 is 1.30 bits per heavy atom. The van der Waals surface area contributed by atoms with Gasteiger partial charge in [0, 0.05) is 33.3 Å². The summed E-state index contributed by atoms with van der Waals surface area (Å²) in [6.45, 7) is 1.89. The topological polar surface area (TPSA) is 79.3 Å². The molecule has 2 unspecified atom stereocenters. The van der Waals surface area contributed by atoms with Gasteiger partial charge >= 0.3 is 0 Å². The zero-order valence-corrected chi connectivity index (χ0v) is 15.9. The van der Waals surface area contributed by atoms with E-state index in [9.17, 15) is 9.59 Å². The first kappa shape index (κ1) is 19.1. The van der Waals surface area contributed by atoms with Gasteiger partial charge in [0.05, 0.1) is 6.04 Å². The zero-order valence-electron chi connectivity index (χ0n) is 15.9. The molecule has 0 aliphatic carbocycles. The molecule has 0 radical (unpaired) electrons. The van der Waals surface area contributed by atoms with E-state index in [1.807, 2.05) is 41.2 Å². The number of hydrogen-bond donors (Lipinski definition) is 2. The summed E-state index contributed by atoms with van der Waals surface area (Å²) < 4.78 is 1.85. The smallest absolute Gasteiger partial charge is 0.272 e. The Kier molecular flexibility index (Phi) is 6.24. The second kappa shape index (κ2) is 8.81. The van der Waals surface area contributed by atoms with Gasteiger partial charge in [-0.05, 0) is 31.0 Å². The molecule has 2 N–H and O–H groups in total. The van der Waals surface area contributed by atoms with Crippen molar-refractivity contribution in [2.24, 2.45) is 0 Å². The molecule has 0 spiro atoms. The lowest BCUT2D eigenvalue weighted by molar-refractivity contribution is -0.130. The number of likely N-dealkylation sites (N-methyl/N-ethyl adjacent to an activating group) is 1. The number of carbonyl (C=O) groups excluding carboxylic acids is 2. The zero-order chi connectivity index (χ0) is 19.2. The molecule has 2 aromatic rings. The van der Waals surface area contributed by atoms with Crippen LogP contribution in [0.4, 0.5) is 0 Å². The monoisotopic (exact) mass is 369 g/mol. The molecule has 144 valence electrons. The third-order valence-electron chi connectivity index (χ3n) is 4.81. The molecule has 2 atom stereocenters. The molecule has 27 heavy (non-hydrogen) atoms. The molecule has 2 heterocycles. The van der Waals surface area contributed by atoms with Crippen LogP contribution in [0.1, 0.15) is 34.9 Å². The normalized spacial score (nSPS) is 17.9. The van der Waals surface area contributed by atoms with Gasteiger partial charge < -0.3 is 15.5 Å². The predicted octanol–water partition coefficient (Wildman–Crippen LogP) is 1.24. The molecule has 1 fully saturated rings. The fourth-order valence-corrected chi connectivity index (χ4v) is 3.32. The van der Waals surface area contributed by atoms with E-state index < -0.39 is 6.04 Å². The van der Waals surface area contributed by atoms with Crippen molar-refractivity contribution in [2.45, 2.75) is 31.3 Å². The van der Waals surface area contributed by atoms with Gasteiger partial charge in [-0.1, -0.05) is 30.3 Å². The third-order valence-corrected chi connectivity index (χ3v) is 4.81. The van der Waals surface area contributed by atoms with Crippen LogP contribution in [0.2, 0.25) is 0 Å². The van der Waals surface area contributed by atoms with Gasteiger partial charge in [-0.25, -0.2) is 0 Å². The number of piperidine rings is 1. The van der Waals surface area contributed by atoms with Gasteiger partial charge in [0.2, 0.25) is 5.91 Å². The highest BCUT2D eigenvalue weighted by Gasteiger charge is 2.25. The second-order valence-electron chi connectivity index (χ2n) is 7.13. The van der Waals surface area contributed by atoms with E-state index in [-0.39, 0.29) is 17.9 Å². The van der Waals surface area contributed by atoms with Crippen molar-refractivity contribution in [3.63, 3.8) is 0 Å². The Labute approximate surface area is 159 Å². The molecule has 1 saturated heterocycles. The number of hydrogen-bond acceptors (Lipinski definition) is 4. The maximum atomic E-state index is 12.7. The first-order valence-corrected chi connectivity index (χ1v) is 9.36. The number of amides is 2. The van der Waals surface area contributed by atoms with E-state index in [0.29, 0.717) is 12.1 Å². The fraction of sp³-hybridized carbons (Fsp3) is 0.450. The molecule has 1 aromatic carbocycles. The van der Waals surface area contributed by atoms with Crippen molar-refractivity contribution in [1.82, 2.24) is 25.3 Å². The quantitative estimate of drug-likeness (QED) is 0.803. The number of nitrogens with one attached hydrogen (secondary N) is 2. The summed E-state index contributed by atoms with van der Waals surface area (Å²) in [6.07, 6.45) is 4.43. The minimum Gasteiger partial charge on any atom is -0.347 e. The molecule has 1 aromatic heterocycles. The Morgan fingerprint density at radius 3 is 2.74 bits per heavy atom. The molecular weight excluding hydrogens is 342 g/mol. The first-order valence-electron chi connectivity index (χ1n) is 9.36. The van der Waals surface area contributed by atoms with Gasteiger partial charge in [-0.15, -0.1) is 0 Å². The minimum absolute atomic E-state index is 0.136. The van der Waals surface area contributed by atoms with E-state index in [0.717, 1.165) is 31.5 Å². The summed E-state index contributed by atoms with van der Waals surface area (Å²) in [6, 6.07) is 11.0. The van der Waals surface area contributed by atoms with Crippen LogP contribution in [-0.2, 0) is 11.2 Å². The van der Waals surface area contributed by atoms with Crippen LogP contribution in [-0.4, -0.2) is 59.7 Å². The lowest BCUT2D eigenvalue weighted by atomic mass is 10.0. The fourth-order valence-electron chi connectivity index (χ4n) is 3.32. The van der Waals surface area contributed by atoms with E-state index >= 15 is 0 Å². The molecule has 1 aliphatic heterocycles. The van der Waals surface area contributed by atoms with Crippen LogP contribution in [0, 0.1) is 0 Å². The lowest BCUT2D eigenvalue weighted by Gasteiger charge is -2.23. The standard InChI is InChI=1S/C20H27N5O2/c1-24(2)20(27)18(13-15-7-4-3-5-8-15)22-19(26)17-10-12-25(23-17)16-9-6-11-21-14-16/h3-5,7-8,10,12,16,18,21H,6,9,11,13-14H2,1-2H3,(H,22,26). The molecule has 0 saturated carbocycles. The predicted molar refractivity (Wildman–Crippen MR) is 103 cm³/mol. The summed E-state index contributed by atoms with van der Waals surface area (Å²) in [4.78, 5) is 26.7. The molecule has 0 bridgehead atoms. The maximum absolute atomic E-state index is 12.7. The molecule has 7 heteroatoms. The van der Waals surface area contributed by atoms with Gasteiger partial charge in [-0.3, -0.25) is 14.3 Å². The SMILES string of the molecule is CN(C)C(=O)C(Cc1ccccc1)NC(=O)c1ccn(C2CCCNC2)n1. The number of benzene rings is 1. The van der Waals surface area contributed by atoms with Gasteiger partial charge in [0.25, 0.3) is 5.91 Å². The summed E-state index contributed by atoms with van der Waals surface area (Å²) in [7, 11) is 3.38. The van der Waals surface area contributed by atoms with Gasteiger partial charge in [-0.2, -0.15) is 5.10 Å². The Balaban J connectivity index is 1.70. The van der Waals surface area contributed by atoms with E-state index in [1.165, 1.54) is 4.90 Å². The van der Waals surface area contributed by atoms with Crippen LogP contribution in [0.5, 0.6) is 0 Å². The largest absolute Gasteiger partial charge is 0.347 e. The number of aromatic nitrogens is 2. The van der Waals surface area contributed by atoms with Crippen molar-refractivity contribution in [1.29, 1.82) is 0 Å².